The number of hydrogen-bond donors (Lipinski definition) is 0. The van der Waals surface area contributed by atoms with Crippen molar-refractivity contribution in [2.24, 2.45) is 0 Å². The van der Waals surface area contributed by atoms with E-state index in [1.807, 2.05) is 18.2 Å². The predicted octanol–water partition coefficient (Wildman–Crippen LogP) is 6.33. The summed E-state index contributed by atoms with van der Waals surface area (Å²) < 4.78 is 2.97. The summed E-state index contributed by atoms with van der Waals surface area (Å²) in [6.45, 7) is 0. The van der Waals surface area contributed by atoms with E-state index in [2.05, 4.69) is 64.9 Å². The molecule has 0 amide bonds. The van der Waals surface area contributed by atoms with Crippen molar-refractivity contribution in [2.75, 3.05) is 0 Å². The van der Waals surface area contributed by atoms with Gasteiger partial charge >= 0.3 is 0 Å². The third-order valence-corrected chi connectivity index (χ3v) is 5.38. The van der Waals surface area contributed by atoms with E-state index in [0.717, 1.165) is 35.1 Å². The summed E-state index contributed by atoms with van der Waals surface area (Å²) >= 11 is 16.7. The highest BCUT2D eigenvalue weighted by Crippen LogP contribution is 2.35. The average molecular weight is 450 g/mol. The van der Waals surface area contributed by atoms with E-state index >= 15 is 0 Å². The molecule has 0 saturated carbocycles. The molecule has 0 unspecified atom stereocenters. The summed E-state index contributed by atoms with van der Waals surface area (Å²) in [4.78, 5) is 4.44. The molecule has 0 bridgehead atoms. The molecule has 0 N–H and O–H groups in total. The zero-order valence-electron chi connectivity index (χ0n) is 8.85. The molecule has 1 heterocycles. The smallest absolute Gasteiger partial charge is 0.137 e. The van der Waals surface area contributed by atoms with Crippen molar-refractivity contribution in [2.45, 2.75) is 0 Å². The molecule has 0 spiro atoms. The van der Waals surface area contributed by atoms with Crippen LogP contribution in [0.1, 0.15) is 0 Å². The van der Waals surface area contributed by atoms with Gasteiger partial charge in [-0.15, -0.1) is 0 Å². The highest BCUT2D eigenvalue weighted by Gasteiger charge is 2.09. The van der Waals surface area contributed by atoms with Gasteiger partial charge in [0.05, 0.1) is 5.52 Å². The van der Waals surface area contributed by atoms with Gasteiger partial charge in [0, 0.05) is 24.2 Å². The molecule has 0 saturated heterocycles. The molecular weight excluding hydrogens is 445 g/mol. The molecule has 1 aromatic heterocycles. The Bertz CT molecular complexity index is 786. The van der Waals surface area contributed by atoms with Crippen LogP contribution < -0.4 is 0 Å². The van der Waals surface area contributed by atoms with Crippen LogP contribution in [-0.2, 0) is 0 Å². The van der Waals surface area contributed by atoms with Crippen LogP contribution in [0.5, 0.6) is 0 Å². The van der Waals surface area contributed by atoms with Crippen LogP contribution in [0.2, 0.25) is 5.15 Å². The molecule has 1 nitrogen and oxygen atoms in total. The summed E-state index contributed by atoms with van der Waals surface area (Å²) in [5.41, 5.74) is 0.880. The van der Waals surface area contributed by atoms with Gasteiger partial charge in [-0.2, -0.15) is 0 Å². The fourth-order valence-electron chi connectivity index (χ4n) is 1.93. The Morgan fingerprint density at radius 2 is 1.56 bits per heavy atom. The lowest BCUT2D eigenvalue weighted by Gasteiger charge is -2.07. The number of hydrogen-bond acceptors (Lipinski definition) is 1. The number of aromatic nitrogens is 1. The Hall–Kier alpha value is -0.160. The summed E-state index contributed by atoms with van der Waals surface area (Å²) in [5, 5.41) is 3.65. The normalized spacial score (nSPS) is 11.3. The monoisotopic (exact) mass is 447 g/mol. The third-order valence-electron chi connectivity index (χ3n) is 2.75. The Balaban J connectivity index is 2.56. The van der Waals surface area contributed by atoms with E-state index in [-0.39, 0.29) is 0 Å². The number of benzene rings is 2. The van der Waals surface area contributed by atoms with Crippen LogP contribution in [0, 0.1) is 0 Å². The summed E-state index contributed by atoms with van der Waals surface area (Å²) in [6.07, 6.45) is 0. The molecule has 90 valence electrons. The van der Waals surface area contributed by atoms with Gasteiger partial charge in [0.2, 0.25) is 0 Å². The number of rotatable bonds is 0. The van der Waals surface area contributed by atoms with Gasteiger partial charge in [0.25, 0.3) is 0 Å². The second-order valence-corrected chi connectivity index (χ2v) is 6.86. The number of pyridine rings is 1. The van der Waals surface area contributed by atoms with Crippen molar-refractivity contribution in [3.05, 3.63) is 48.9 Å². The van der Waals surface area contributed by atoms with E-state index in [1.54, 1.807) is 0 Å². The SMILES string of the molecule is Clc1nc2cc(Br)c(Br)cc2c2ccc(Br)cc12. The molecule has 5 heteroatoms. The fourth-order valence-corrected chi connectivity index (χ4v) is 3.22. The van der Waals surface area contributed by atoms with Gasteiger partial charge in [-0.1, -0.05) is 33.6 Å². The molecule has 0 aliphatic heterocycles. The minimum absolute atomic E-state index is 0.521. The van der Waals surface area contributed by atoms with E-state index in [9.17, 15) is 0 Å². The van der Waals surface area contributed by atoms with Crippen LogP contribution in [0.3, 0.4) is 0 Å². The lowest BCUT2D eigenvalue weighted by Crippen LogP contribution is -1.86. The van der Waals surface area contributed by atoms with Crippen molar-refractivity contribution in [1.29, 1.82) is 0 Å². The molecule has 0 aliphatic rings. The Labute approximate surface area is 134 Å². The van der Waals surface area contributed by atoms with Crippen molar-refractivity contribution >= 4 is 81.1 Å². The maximum atomic E-state index is 6.24. The van der Waals surface area contributed by atoms with E-state index in [4.69, 9.17) is 11.6 Å². The fraction of sp³-hybridized carbons (Fsp3) is 0. The predicted molar refractivity (Wildman–Crippen MR) is 87.4 cm³/mol. The summed E-state index contributed by atoms with van der Waals surface area (Å²) in [5.74, 6) is 0. The standard InChI is InChI=1S/C13H5Br3ClN/c14-6-1-2-7-8-4-10(15)11(16)5-12(8)18-13(17)9(7)3-6/h1-5H. The van der Waals surface area contributed by atoms with Gasteiger partial charge in [-0.3, -0.25) is 0 Å². The zero-order chi connectivity index (χ0) is 12.9. The minimum Gasteiger partial charge on any atom is -0.235 e. The van der Waals surface area contributed by atoms with Gasteiger partial charge in [0.15, 0.2) is 0 Å². The number of fused-ring (bicyclic) bond motifs is 3. The second-order valence-electron chi connectivity index (χ2n) is 3.88. The largest absolute Gasteiger partial charge is 0.235 e. The van der Waals surface area contributed by atoms with E-state index in [0.29, 0.717) is 5.15 Å². The second kappa shape index (κ2) is 4.75. The Morgan fingerprint density at radius 1 is 0.833 bits per heavy atom. The molecule has 3 rings (SSSR count). The van der Waals surface area contributed by atoms with E-state index in [1.165, 1.54) is 0 Å². The maximum Gasteiger partial charge on any atom is 0.137 e. The number of halogens is 4. The first-order valence-corrected chi connectivity index (χ1v) is 7.85. The first-order valence-electron chi connectivity index (χ1n) is 5.10. The topological polar surface area (TPSA) is 12.9 Å². The summed E-state index contributed by atoms with van der Waals surface area (Å²) in [7, 11) is 0. The quantitative estimate of drug-likeness (QED) is 0.288. The van der Waals surface area contributed by atoms with Crippen molar-refractivity contribution in [3.8, 4) is 0 Å². The molecule has 0 aliphatic carbocycles. The molecule has 0 fully saturated rings. The zero-order valence-corrected chi connectivity index (χ0v) is 14.4. The maximum absolute atomic E-state index is 6.24. The van der Waals surface area contributed by atoms with Gasteiger partial charge < -0.3 is 0 Å². The van der Waals surface area contributed by atoms with Crippen LogP contribution in [-0.4, -0.2) is 4.98 Å². The van der Waals surface area contributed by atoms with Gasteiger partial charge in [0.1, 0.15) is 5.15 Å². The lowest BCUT2D eigenvalue weighted by atomic mass is 10.1. The molecule has 2 aromatic carbocycles. The summed E-state index contributed by atoms with van der Waals surface area (Å²) in [6, 6.07) is 10.1. The van der Waals surface area contributed by atoms with Gasteiger partial charge in [-0.25, -0.2) is 4.98 Å². The molecular formula is C13H5Br3ClN. The Morgan fingerprint density at radius 3 is 2.33 bits per heavy atom. The molecule has 18 heavy (non-hydrogen) atoms. The van der Waals surface area contributed by atoms with E-state index < -0.39 is 0 Å². The van der Waals surface area contributed by atoms with Crippen LogP contribution in [0.25, 0.3) is 21.7 Å². The minimum atomic E-state index is 0.521. The molecule has 0 atom stereocenters. The molecule has 0 radical (unpaired) electrons. The molecule has 3 aromatic rings. The van der Waals surface area contributed by atoms with Crippen molar-refractivity contribution in [3.63, 3.8) is 0 Å². The van der Waals surface area contributed by atoms with Crippen LogP contribution >= 0.6 is 59.4 Å². The third kappa shape index (κ3) is 2.09. The number of nitrogens with zero attached hydrogens (tertiary/aromatic N) is 1. The van der Waals surface area contributed by atoms with Crippen LogP contribution in [0.15, 0.2) is 43.7 Å². The Kier molecular flexibility index (Phi) is 3.39. The average Bonchev–Trinajstić information content (AvgIpc) is 2.32. The lowest BCUT2D eigenvalue weighted by molar-refractivity contribution is 1.43. The van der Waals surface area contributed by atoms with Gasteiger partial charge in [-0.05, 0) is 61.5 Å². The van der Waals surface area contributed by atoms with Crippen molar-refractivity contribution in [1.82, 2.24) is 4.98 Å². The van der Waals surface area contributed by atoms with Crippen molar-refractivity contribution < 1.29 is 0 Å². The first kappa shape index (κ1) is 12.9. The first-order chi connectivity index (χ1) is 8.56. The highest BCUT2D eigenvalue weighted by atomic mass is 79.9. The highest BCUT2D eigenvalue weighted by molar-refractivity contribution is 9.13. The van der Waals surface area contributed by atoms with Crippen LogP contribution in [0.4, 0.5) is 0 Å².